The molecule has 0 aromatic heterocycles. The van der Waals surface area contributed by atoms with Gasteiger partial charge in [0.2, 0.25) is 0 Å². The Balaban J connectivity index is 1.16. The van der Waals surface area contributed by atoms with E-state index in [1.165, 1.54) is 55.5 Å². The maximum Gasteiger partial charge on any atom is 0.256 e. The van der Waals surface area contributed by atoms with Gasteiger partial charge < -0.3 is 19.4 Å². The number of nitrogens with zero attached hydrogens (tertiary/aromatic N) is 3. The van der Waals surface area contributed by atoms with E-state index in [9.17, 15) is 0 Å². The largest absolute Gasteiger partial charge is 0.459 e. The summed E-state index contributed by atoms with van der Waals surface area (Å²) in [7, 11) is 0. The molecule has 54 heavy (non-hydrogen) atoms. The maximum absolute atomic E-state index is 7.38. The third kappa shape index (κ3) is 4.00. The van der Waals surface area contributed by atoms with E-state index in [1.54, 1.807) is 0 Å². The number of hydrogen-bond donors (Lipinski definition) is 0. The number of para-hydroxylation sites is 5. The van der Waals surface area contributed by atoms with Crippen LogP contribution in [0.25, 0.3) is 0 Å². The third-order valence-corrected chi connectivity index (χ3v) is 11.7. The molecule has 0 spiro atoms. The van der Waals surface area contributed by atoms with Gasteiger partial charge in [-0.1, -0.05) is 109 Å². The highest BCUT2D eigenvalue weighted by Gasteiger charge is 2.48. The van der Waals surface area contributed by atoms with Crippen molar-refractivity contribution in [1.82, 2.24) is 0 Å². The van der Waals surface area contributed by atoms with Crippen molar-refractivity contribution in [1.29, 1.82) is 0 Å². The molecule has 4 aliphatic rings. The minimum absolute atomic E-state index is 0.00267. The van der Waals surface area contributed by atoms with E-state index in [2.05, 4.69) is 203 Å². The number of ether oxygens (including phenoxy) is 1. The van der Waals surface area contributed by atoms with Gasteiger partial charge in [-0.25, -0.2) is 0 Å². The van der Waals surface area contributed by atoms with E-state index >= 15 is 0 Å². The van der Waals surface area contributed by atoms with Crippen molar-refractivity contribution < 1.29 is 4.74 Å². The summed E-state index contributed by atoms with van der Waals surface area (Å²) in [5.41, 5.74) is 17.9. The van der Waals surface area contributed by atoms with Crippen LogP contribution in [-0.2, 0) is 0 Å². The van der Waals surface area contributed by atoms with Crippen molar-refractivity contribution in [2.45, 2.75) is 0 Å². The zero-order valence-electron chi connectivity index (χ0n) is 29.3. The number of hydrogen-bond acceptors (Lipinski definition) is 4. The fraction of sp³-hybridized carbons (Fsp3) is 0. The van der Waals surface area contributed by atoms with E-state index in [4.69, 9.17) is 4.74 Å². The van der Waals surface area contributed by atoms with Crippen molar-refractivity contribution in [3.8, 4) is 11.5 Å². The van der Waals surface area contributed by atoms with Crippen LogP contribution in [0.1, 0.15) is 0 Å². The first-order valence-electron chi connectivity index (χ1n) is 18.7. The maximum atomic E-state index is 7.38. The van der Waals surface area contributed by atoms with Gasteiger partial charge in [0.25, 0.3) is 13.4 Å². The van der Waals surface area contributed by atoms with Crippen molar-refractivity contribution in [3.63, 3.8) is 0 Å². The lowest BCUT2D eigenvalue weighted by molar-refractivity contribution is 0.491. The van der Waals surface area contributed by atoms with Crippen LogP contribution >= 0.6 is 0 Å². The second kappa shape index (κ2) is 11.3. The molecule has 6 heteroatoms. The van der Waals surface area contributed by atoms with Gasteiger partial charge in [-0.3, -0.25) is 0 Å². The predicted octanol–water partition coefficient (Wildman–Crippen LogP) is 8.17. The lowest BCUT2D eigenvalue weighted by Crippen LogP contribution is -2.65. The number of benzene rings is 8. The lowest BCUT2D eigenvalue weighted by Gasteiger charge is -2.46. The molecule has 0 saturated heterocycles. The summed E-state index contributed by atoms with van der Waals surface area (Å²) in [6.07, 6.45) is 0. The molecule has 4 heterocycles. The minimum atomic E-state index is -0.0540. The van der Waals surface area contributed by atoms with Crippen molar-refractivity contribution >= 4 is 97.4 Å². The molecular formula is C48H31B2N3O. The Bertz CT molecular complexity index is 2780. The molecule has 0 radical (unpaired) electrons. The number of fused-ring (bicyclic) bond motifs is 9. The second-order valence-corrected chi connectivity index (χ2v) is 14.4. The van der Waals surface area contributed by atoms with Crippen molar-refractivity contribution in [3.05, 3.63) is 188 Å². The van der Waals surface area contributed by atoms with Crippen LogP contribution in [0.2, 0.25) is 0 Å². The van der Waals surface area contributed by atoms with Gasteiger partial charge in [-0.15, -0.1) is 0 Å². The molecule has 8 aromatic rings. The zero-order valence-corrected chi connectivity index (χ0v) is 29.3. The summed E-state index contributed by atoms with van der Waals surface area (Å²) in [5, 5.41) is 0. The molecule has 0 saturated carbocycles. The first-order valence-corrected chi connectivity index (χ1v) is 18.7. The van der Waals surface area contributed by atoms with Gasteiger partial charge in [0, 0.05) is 51.2 Å². The van der Waals surface area contributed by atoms with Crippen LogP contribution in [-0.4, -0.2) is 13.4 Å². The summed E-state index contributed by atoms with van der Waals surface area (Å²) >= 11 is 0. The third-order valence-electron chi connectivity index (χ3n) is 11.7. The number of rotatable bonds is 3. The Morgan fingerprint density at radius 1 is 0.296 bits per heavy atom. The van der Waals surface area contributed by atoms with E-state index in [0.29, 0.717) is 0 Å². The van der Waals surface area contributed by atoms with Crippen LogP contribution in [0.3, 0.4) is 0 Å². The highest BCUT2D eigenvalue weighted by atomic mass is 16.5. The molecule has 0 bridgehead atoms. The molecule has 0 atom stereocenters. The Morgan fingerprint density at radius 2 is 0.722 bits per heavy atom. The second-order valence-electron chi connectivity index (χ2n) is 14.4. The topological polar surface area (TPSA) is 19.0 Å². The Morgan fingerprint density at radius 3 is 1.30 bits per heavy atom. The Labute approximate surface area is 315 Å². The molecule has 250 valence electrons. The molecular weight excluding hydrogens is 656 g/mol. The summed E-state index contributed by atoms with van der Waals surface area (Å²) in [6.45, 7) is -0.0514. The van der Waals surface area contributed by atoms with Gasteiger partial charge in [0.05, 0.1) is 0 Å². The molecule has 8 aromatic carbocycles. The number of anilines is 9. The van der Waals surface area contributed by atoms with Crippen molar-refractivity contribution in [2.75, 3.05) is 14.7 Å². The lowest BCUT2D eigenvalue weighted by atomic mass is 9.30. The fourth-order valence-corrected chi connectivity index (χ4v) is 9.62. The highest BCUT2D eigenvalue weighted by Crippen LogP contribution is 2.46. The van der Waals surface area contributed by atoms with E-state index in [0.717, 1.165) is 39.9 Å². The Kier molecular flexibility index (Phi) is 6.20. The van der Waals surface area contributed by atoms with Crippen LogP contribution in [0, 0.1) is 0 Å². The van der Waals surface area contributed by atoms with Crippen LogP contribution in [0.4, 0.5) is 51.2 Å². The molecule has 0 N–H and O–H groups in total. The van der Waals surface area contributed by atoms with E-state index in [-0.39, 0.29) is 13.4 Å². The average molecular weight is 687 g/mol. The first-order chi connectivity index (χ1) is 26.8. The Hall–Kier alpha value is -6.91. The summed E-state index contributed by atoms with van der Waals surface area (Å²) in [5.74, 6) is 1.87. The van der Waals surface area contributed by atoms with E-state index < -0.39 is 0 Å². The molecule has 0 amide bonds. The predicted molar refractivity (Wildman–Crippen MR) is 226 cm³/mol. The molecule has 4 aliphatic heterocycles. The molecule has 12 rings (SSSR count). The summed E-state index contributed by atoms with van der Waals surface area (Å²) < 4.78 is 7.38. The van der Waals surface area contributed by atoms with E-state index in [1.807, 2.05) is 0 Å². The minimum Gasteiger partial charge on any atom is -0.459 e. The summed E-state index contributed by atoms with van der Waals surface area (Å²) in [6, 6.07) is 68.1. The quantitative estimate of drug-likeness (QED) is 0.175. The van der Waals surface area contributed by atoms with Gasteiger partial charge in [0.15, 0.2) is 0 Å². The molecule has 4 nitrogen and oxygen atoms in total. The fourth-order valence-electron chi connectivity index (χ4n) is 9.62. The first kappa shape index (κ1) is 29.6. The molecule has 0 unspecified atom stereocenters. The monoisotopic (exact) mass is 687 g/mol. The van der Waals surface area contributed by atoms with Gasteiger partial charge in [-0.05, 0) is 112 Å². The van der Waals surface area contributed by atoms with Crippen molar-refractivity contribution in [2.24, 2.45) is 0 Å². The molecule has 0 aliphatic carbocycles. The van der Waals surface area contributed by atoms with Crippen LogP contribution in [0.5, 0.6) is 11.5 Å². The average Bonchev–Trinajstić information content (AvgIpc) is 3.24. The standard InChI is InChI=1S/C48H31B2N3O/c1-4-16-32(17-5-1)51-39-25-13-11-23-36(39)50-45-40(51)26-14-27-41(45)53(34-20-8-3-9-21-34)43-31-30-37-48(47(43)50)54-44-29-15-28-42-46(44)49(37)35-22-10-12-24-38(35)52(42)33-18-6-2-7-19-33/h1-31H. The normalized spacial score (nSPS) is 13.9. The zero-order chi connectivity index (χ0) is 35.3. The van der Waals surface area contributed by atoms with Crippen LogP contribution in [0.15, 0.2) is 188 Å². The molecule has 0 fully saturated rings. The highest BCUT2D eigenvalue weighted by molar-refractivity contribution is 7.03. The smallest absolute Gasteiger partial charge is 0.256 e. The van der Waals surface area contributed by atoms with Gasteiger partial charge in [0.1, 0.15) is 11.5 Å². The summed E-state index contributed by atoms with van der Waals surface area (Å²) in [4.78, 5) is 7.28. The SMILES string of the molecule is c1ccc(N2c3ccccc3B3c4ccc5c(c4Oc4cccc2c43)B2c3ccccc3N(c3ccccc3)c3cccc(c32)N5c2ccccc2)cc1. The van der Waals surface area contributed by atoms with Crippen LogP contribution < -0.4 is 52.2 Å². The van der Waals surface area contributed by atoms with Gasteiger partial charge in [-0.2, -0.15) is 0 Å². The van der Waals surface area contributed by atoms with Gasteiger partial charge >= 0.3 is 0 Å².